The zero-order valence-electron chi connectivity index (χ0n) is 10.6. The molecule has 0 aliphatic carbocycles. The fraction of sp³-hybridized carbons (Fsp3) is 0.500. The highest BCUT2D eigenvalue weighted by Gasteiger charge is 2.21. The number of benzene rings is 1. The molecule has 0 heterocycles. The summed E-state index contributed by atoms with van der Waals surface area (Å²) in [6.07, 6.45) is 0.870. The minimum Gasteiger partial charge on any atom is -0.359 e. The smallest absolute Gasteiger partial charge is 0.117 e. The van der Waals surface area contributed by atoms with Crippen molar-refractivity contribution in [1.82, 2.24) is 0 Å². The van der Waals surface area contributed by atoms with Gasteiger partial charge in [0.05, 0.1) is 6.07 Å². The summed E-state index contributed by atoms with van der Waals surface area (Å²) < 4.78 is 0. The largest absolute Gasteiger partial charge is 0.359 e. The van der Waals surface area contributed by atoms with Crippen molar-refractivity contribution in [3.63, 3.8) is 0 Å². The molecule has 0 radical (unpaired) electrons. The van der Waals surface area contributed by atoms with Gasteiger partial charge in [-0.25, -0.2) is 0 Å². The molecule has 1 rings (SSSR count). The van der Waals surface area contributed by atoms with Crippen molar-refractivity contribution in [3.05, 3.63) is 30.3 Å². The van der Waals surface area contributed by atoms with Crippen molar-refractivity contribution in [2.45, 2.75) is 33.2 Å². The molecule has 1 aromatic carbocycles. The summed E-state index contributed by atoms with van der Waals surface area (Å²) in [5.74, 6) is 0. The van der Waals surface area contributed by atoms with E-state index in [4.69, 9.17) is 0 Å². The average molecular weight is 216 g/mol. The van der Waals surface area contributed by atoms with E-state index in [1.807, 2.05) is 42.3 Å². The number of anilines is 1. The molecule has 0 aliphatic rings. The summed E-state index contributed by atoms with van der Waals surface area (Å²) in [6, 6.07) is 12.4. The van der Waals surface area contributed by atoms with Crippen LogP contribution in [0.25, 0.3) is 0 Å². The highest BCUT2D eigenvalue weighted by molar-refractivity contribution is 5.47. The molecule has 0 N–H and O–H groups in total. The van der Waals surface area contributed by atoms with E-state index in [0.717, 1.165) is 12.1 Å². The molecular weight excluding hydrogens is 196 g/mol. The summed E-state index contributed by atoms with van der Waals surface area (Å²) in [6.45, 7) is 6.49. The number of hydrogen-bond donors (Lipinski definition) is 0. The first-order valence-electron chi connectivity index (χ1n) is 5.61. The van der Waals surface area contributed by atoms with E-state index in [1.54, 1.807) is 0 Å². The SMILES string of the molecule is CN(c1ccccc1)[C@H](C#N)CC(C)(C)C. The Morgan fingerprint density at radius 3 is 2.25 bits per heavy atom. The number of nitrogens with zero attached hydrogens (tertiary/aromatic N) is 2. The van der Waals surface area contributed by atoms with Gasteiger partial charge in [0.25, 0.3) is 0 Å². The topological polar surface area (TPSA) is 27.0 Å². The lowest BCUT2D eigenvalue weighted by Gasteiger charge is -2.30. The number of hydrogen-bond acceptors (Lipinski definition) is 2. The van der Waals surface area contributed by atoms with Gasteiger partial charge in [-0.1, -0.05) is 39.0 Å². The van der Waals surface area contributed by atoms with E-state index < -0.39 is 0 Å². The Morgan fingerprint density at radius 1 is 1.25 bits per heavy atom. The van der Waals surface area contributed by atoms with Gasteiger partial charge >= 0.3 is 0 Å². The van der Waals surface area contributed by atoms with Gasteiger partial charge in [0.1, 0.15) is 6.04 Å². The van der Waals surface area contributed by atoms with Crippen molar-refractivity contribution in [3.8, 4) is 6.07 Å². The molecule has 0 aliphatic heterocycles. The monoisotopic (exact) mass is 216 g/mol. The maximum atomic E-state index is 9.23. The molecule has 86 valence electrons. The molecule has 0 amide bonds. The molecular formula is C14H20N2. The lowest BCUT2D eigenvalue weighted by Crippen LogP contribution is -2.33. The molecule has 0 bridgehead atoms. The molecule has 0 saturated heterocycles. The Bertz CT molecular complexity index is 357. The summed E-state index contributed by atoms with van der Waals surface area (Å²) in [5, 5.41) is 9.23. The summed E-state index contributed by atoms with van der Waals surface area (Å²) in [5.41, 5.74) is 1.27. The molecule has 0 unspecified atom stereocenters. The van der Waals surface area contributed by atoms with Gasteiger partial charge in [-0.05, 0) is 24.0 Å². The van der Waals surface area contributed by atoms with Crippen molar-refractivity contribution in [1.29, 1.82) is 5.26 Å². The van der Waals surface area contributed by atoms with E-state index in [2.05, 4.69) is 26.8 Å². The first-order chi connectivity index (χ1) is 7.44. The molecule has 1 aromatic rings. The maximum absolute atomic E-state index is 9.23. The van der Waals surface area contributed by atoms with E-state index in [-0.39, 0.29) is 11.5 Å². The van der Waals surface area contributed by atoms with Crippen LogP contribution in [0.3, 0.4) is 0 Å². The fourth-order valence-electron chi connectivity index (χ4n) is 1.69. The fourth-order valence-corrected chi connectivity index (χ4v) is 1.69. The summed E-state index contributed by atoms with van der Waals surface area (Å²) in [7, 11) is 1.98. The van der Waals surface area contributed by atoms with Crippen LogP contribution in [0.1, 0.15) is 27.2 Å². The lowest BCUT2D eigenvalue weighted by atomic mass is 9.88. The second-order valence-electron chi connectivity index (χ2n) is 5.36. The third kappa shape index (κ3) is 3.58. The first-order valence-corrected chi connectivity index (χ1v) is 5.61. The van der Waals surface area contributed by atoms with Crippen LogP contribution in [0.15, 0.2) is 30.3 Å². The third-order valence-corrected chi connectivity index (χ3v) is 2.59. The van der Waals surface area contributed by atoms with E-state index in [0.29, 0.717) is 0 Å². The van der Waals surface area contributed by atoms with Crippen LogP contribution in [0.2, 0.25) is 0 Å². The van der Waals surface area contributed by atoms with Gasteiger partial charge in [-0.3, -0.25) is 0 Å². The molecule has 1 atom stereocenters. The van der Waals surface area contributed by atoms with Gasteiger partial charge in [0.15, 0.2) is 0 Å². The molecule has 0 spiro atoms. The molecule has 0 saturated carbocycles. The second kappa shape index (κ2) is 5.03. The molecule has 2 heteroatoms. The average Bonchev–Trinajstić information content (AvgIpc) is 2.25. The number of para-hydroxylation sites is 1. The molecule has 0 fully saturated rings. The molecule has 0 aromatic heterocycles. The van der Waals surface area contributed by atoms with Crippen molar-refractivity contribution < 1.29 is 0 Å². The van der Waals surface area contributed by atoms with E-state index in [9.17, 15) is 5.26 Å². The molecule has 16 heavy (non-hydrogen) atoms. The van der Waals surface area contributed by atoms with Crippen molar-refractivity contribution >= 4 is 5.69 Å². The zero-order valence-corrected chi connectivity index (χ0v) is 10.6. The highest BCUT2D eigenvalue weighted by Crippen LogP contribution is 2.25. The van der Waals surface area contributed by atoms with Gasteiger partial charge < -0.3 is 4.90 Å². The minimum atomic E-state index is -0.0672. The predicted molar refractivity (Wildman–Crippen MR) is 68.3 cm³/mol. The van der Waals surface area contributed by atoms with Crippen LogP contribution in [-0.4, -0.2) is 13.1 Å². The Balaban J connectivity index is 2.79. The van der Waals surface area contributed by atoms with Crippen LogP contribution >= 0.6 is 0 Å². The first kappa shape index (κ1) is 12.6. The lowest BCUT2D eigenvalue weighted by molar-refractivity contribution is 0.359. The minimum absolute atomic E-state index is 0.0672. The zero-order chi connectivity index (χ0) is 12.2. The number of rotatable bonds is 3. The van der Waals surface area contributed by atoms with Crippen LogP contribution < -0.4 is 4.90 Å². The Morgan fingerprint density at radius 2 is 1.81 bits per heavy atom. The number of nitriles is 1. The van der Waals surface area contributed by atoms with E-state index >= 15 is 0 Å². The van der Waals surface area contributed by atoms with E-state index in [1.165, 1.54) is 0 Å². The van der Waals surface area contributed by atoms with Crippen LogP contribution in [0, 0.1) is 16.7 Å². The highest BCUT2D eigenvalue weighted by atomic mass is 15.1. The second-order valence-corrected chi connectivity index (χ2v) is 5.36. The van der Waals surface area contributed by atoms with Crippen molar-refractivity contribution in [2.24, 2.45) is 5.41 Å². The van der Waals surface area contributed by atoms with Gasteiger partial charge in [0.2, 0.25) is 0 Å². The standard InChI is InChI=1S/C14H20N2/c1-14(2,3)10-13(11-15)16(4)12-8-6-5-7-9-12/h5-9,13H,10H2,1-4H3/t13-/m0/s1. The Hall–Kier alpha value is -1.49. The quantitative estimate of drug-likeness (QED) is 0.773. The van der Waals surface area contributed by atoms with Gasteiger partial charge in [-0.15, -0.1) is 0 Å². The Labute approximate surface area is 98.5 Å². The maximum Gasteiger partial charge on any atom is 0.117 e. The van der Waals surface area contributed by atoms with Crippen molar-refractivity contribution in [2.75, 3.05) is 11.9 Å². The van der Waals surface area contributed by atoms with Crippen LogP contribution in [-0.2, 0) is 0 Å². The normalized spacial score (nSPS) is 12.9. The van der Waals surface area contributed by atoms with Gasteiger partial charge in [0, 0.05) is 12.7 Å². The van der Waals surface area contributed by atoms with Crippen LogP contribution in [0.4, 0.5) is 5.69 Å². The summed E-state index contributed by atoms with van der Waals surface area (Å²) >= 11 is 0. The molecule has 2 nitrogen and oxygen atoms in total. The third-order valence-electron chi connectivity index (χ3n) is 2.59. The van der Waals surface area contributed by atoms with Crippen LogP contribution in [0.5, 0.6) is 0 Å². The Kier molecular flexibility index (Phi) is 3.95. The van der Waals surface area contributed by atoms with Gasteiger partial charge in [-0.2, -0.15) is 5.26 Å². The predicted octanol–water partition coefficient (Wildman–Crippen LogP) is 3.45. The summed E-state index contributed by atoms with van der Waals surface area (Å²) in [4.78, 5) is 2.05.